The molecule has 1 N–H and O–H groups in total. The molecule has 0 atom stereocenters. The molecular formula is C19H22N2O3S. The van der Waals surface area contributed by atoms with Crippen molar-refractivity contribution in [3.05, 3.63) is 40.1 Å². The smallest absolute Gasteiger partial charge is 0.265 e. The van der Waals surface area contributed by atoms with Gasteiger partial charge in [0.25, 0.3) is 5.91 Å². The highest BCUT2D eigenvalue weighted by Crippen LogP contribution is 2.38. The quantitative estimate of drug-likeness (QED) is 0.899. The zero-order chi connectivity index (χ0) is 18.2. The second-order valence-corrected chi connectivity index (χ2v) is 7.76. The minimum atomic E-state index is -0.590. The van der Waals surface area contributed by atoms with Crippen LogP contribution < -0.4 is 15.0 Å². The van der Waals surface area contributed by atoms with E-state index in [0.717, 1.165) is 11.3 Å². The van der Waals surface area contributed by atoms with Crippen molar-refractivity contribution in [3.63, 3.8) is 0 Å². The van der Waals surface area contributed by atoms with Crippen molar-refractivity contribution in [2.45, 2.75) is 27.7 Å². The van der Waals surface area contributed by atoms with Gasteiger partial charge in [0, 0.05) is 18.3 Å². The first-order valence-electron chi connectivity index (χ1n) is 8.27. The Bertz CT molecular complexity index is 826. The first-order chi connectivity index (χ1) is 11.8. The molecular weight excluding hydrogens is 336 g/mol. The van der Waals surface area contributed by atoms with Gasteiger partial charge in [0.05, 0.1) is 16.0 Å². The molecule has 5 nitrogen and oxygen atoms in total. The van der Waals surface area contributed by atoms with Crippen LogP contribution in [0.1, 0.15) is 36.0 Å². The van der Waals surface area contributed by atoms with E-state index >= 15 is 0 Å². The summed E-state index contributed by atoms with van der Waals surface area (Å²) < 4.78 is 5.89. The van der Waals surface area contributed by atoms with E-state index in [1.54, 1.807) is 17.0 Å². The van der Waals surface area contributed by atoms with Crippen LogP contribution in [0.5, 0.6) is 5.75 Å². The number of fused-ring (bicyclic) bond motifs is 1. The van der Waals surface area contributed by atoms with Gasteiger partial charge in [-0.15, -0.1) is 11.3 Å². The topological polar surface area (TPSA) is 58.6 Å². The largest absolute Gasteiger partial charge is 0.490 e. The van der Waals surface area contributed by atoms with Gasteiger partial charge in [-0.25, -0.2) is 0 Å². The molecule has 0 saturated heterocycles. The number of rotatable bonds is 3. The highest BCUT2D eigenvalue weighted by Gasteiger charge is 2.37. The van der Waals surface area contributed by atoms with E-state index in [9.17, 15) is 9.59 Å². The third-order valence-corrected chi connectivity index (χ3v) is 5.24. The Hall–Kier alpha value is -2.34. The van der Waals surface area contributed by atoms with E-state index in [1.165, 1.54) is 11.3 Å². The number of carbonyl (C=O) groups is 2. The fourth-order valence-corrected chi connectivity index (χ4v) is 3.58. The summed E-state index contributed by atoms with van der Waals surface area (Å²) in [5.41, 5.74) is 1.87. The van der Waals surface area contributed by atoms with Crippen molar-refractivity contribution in [1.82, 2.24) is 0 Å². The SMILES string of the molecule is CCN1C(=O)C(C)(C)COc2cc(NC(=O)c3cc(C)cs3)ccc21. The van der Waals surface area contributed by atoms with Gasteiger partial charge in [-0.3, -0.25) is 9.59 Å². The van der Waals surface area contributed by atoms with Crippen molar-refractivity contribution in [3.8, 4) is 5.75 Å². The van der Waals surface area contributed by atoms with Gasteiger partial charge in [0.2, 0.25) is 5.91 Å². The molecule has 2 aromatic rings. The average Bonchev–Trinajstić information content (AvgIpc) is 2.98. The van der Waals surface area contributed by atoms with Gasteiger partial charge in [0.1, 0.15) is 12.4 Å². The number of nitrogens with one attached hydrogen (secondary N) is 1. The summed E-state index contributed by atoms with van der Waals surface area (Å²) in [5, 5.41) is 4.84. The predicted molar refractivity (Wildman–Crippen MR) is 101 cm³/mol. The van der Waals surface area contributed by atoms with Crippen molar-refractivity contribution in [2.75, 3.05) is 23.4 Å². The lowest BCUT2D eigenvalue weighted by Gasteiger charge is -2.26. The molecule has 1 aliphatic heterocycles. The van der Waals surface area contributed by atoms with Crippen molar-refractivity contribution in [1.29, 1.82) is 0 Å². The molecule has 0 fully saturated rings. The van der Waals surface area contributed by atoms with Gasteiger partial charge < -0.3 is 15.0 Å². The molecule has 132 valence electrons. The molecule has 1 aromatic heterocycles. The van der Waals surface area contributed by atoms with Gasteiger partial charge in [-0.2, -0.15) is 0 Å². The van der Waals surface area contributed by atoms with Crippen LogP contribution in [0.3, 0.4) is 0 Å². The van der Waals surface area contributed by atoms with Crippen LogP contribution in [-0.4, -0.2) is 25.0 Å². The minimum absolute atomic E-state index is 0.0413. The normalized spacial score (nSPS) is 16.0. The van der Waals surface area contributed by atoms with Crippen LogP contribution in [0.4, 0.5) is 11.4 Å². The summed E-state index contributed by atoms with van der Waals surface area (Å²) in [4.78, 5) is 27.4. The molecule has 6 heteroatoms. The number of benzene rings is 1. The number of aryl methyl sites for hydroxylation is 1. The minimum Gasteiger partial charge on any atom is -0.490 e. The van der Waals surface area contributed by atoms with Crippen LogP contribution in [-0.2, 0) is 4.79 Å². The number of anilines is 2. The number of amides is 2. The maximum Gasteiger partial charge on any atom is 0.265 e. The lowest BCUT2D eigenvalue weighted by molar-refractivity contribution is -0.127. The zero-order valence-corrected chi connectivity index (χ0v) is 15.7. The second-order valence-electron chi connectivity index (χ2n) is 6.85. The fraction of sp³-hybridized carbons (Fsp3) is 0.368. The molecule has 0 spiro atoms. The van der Waals surface area contributed by atoms with Crippen molar-refractivity contribution in [2.24, 2.45) is 5.41 Å². The Balaban J connectivity index is 1.88. The van der Waals surface area contributed by atoms with E-state index < -0.39 is 5.41 Å². The molecule has 1 aliphatic rings. The van der Waals surface area contributed by atoms with Crippen molar-refractivity contribution < 1.29 is 14.3 Å². The number of ether oxygens (including phenoxy) is 1. The molecule has 25 heavy (non-hydrogen) atoms. The standard InChI is InChI=1S/C19H22N2O3S/c1-5-21-14-7-6-13(20-17(22)16-8-12(2)10-25-16)9-15(14)24-11-19(3,4)18(21)23/h6-10H,5,11H2,1-4H3,(H,20,22). The van der Waals surface area contributed by atoms with Crippen LogP contribution >= 0.6 is 11.3 Å². The zero-order valence-electron chi connectivity index (χ0n) is 14.9. The lowest BCUT2D eigenvalue weighted by atomic mass is 9.93. The number of hydrogen-bond acceptors (Lipinski definition) is 4. The molecule has 0 saturated carbocycles. The highest BCUT2D eigenvalue weighted by molar-refractivity contribution is 7.12. The summed E-state index contributed by atoms with van der Waals surface area (Å²) in [7, 11) is 0. The first kappa shape index (κ1) is 17.5. The third-order valence-electron chi connectivity index (χ3n) is 4.19. The molecule has 3 rings (SSSR count). The lowest BCUT2D eigenvalue weighted by Crippen LogP contribution is -2.42. The van der Waals surface area contributed by atoms with Gasteiger partial charge in [-0.05, 0) is 56.8 Å². The molecule has 2 heterocycles. The van der Waals surface area contributed by atoms with E-state index in [0.29, 0.717) is 29.5 Å². The average molecular weight is 358 g/mol. The van der Waals surface area contributed by atoms with Crippen LogP contribution in [0.15, 0.2) is 29.6 Å². The fourth-order valence-electron chi connectivity index (χ4n) is 2.78. The van der Waals surface area contributed by atoms with Crippen LogP contribution in [0.25, 0.3) is 0 Å². The number of thiophene rings is 1. The maximum absolute atomic E-state index is 12.7. The van der Waals surface area contributed by atoms with Gasteiger partial charge >= 0.3 is 0 Å². The monoisotopic (exact) mass is 358 g/mol. The van der Waals surface area contributed by atoms with E-state index in [4.69, 9.17) is 4.74 Å². The van der Waals surface area contributed by atoms with E-state index in [-0.39, 0.29) is 11.8 Å². The Kier molecular flexibility index (Phi) is 4.56. The third kappa shape index (κ3) is 3.39. The molecule has 0 unspecified atom stereocenters. The molecule has 1 aromatic carbocycles. The maximum atomic E-state index is 12.7. The first-order valence-corrected chi connectivity index (χ1v) is 9.15. The second kappa shape index (κ2) is 6.52. The van der Waals surface area contributed by atoms with Gasteiger partial charge in [0.15, 0.2) is 0 Å². The predicted octanol–water partition coefficient (Wildman–Crippen LogP) is 4.08. The Morgan fingerprint density at radius 3 is 2.76 bits per heavy atom. The molecule has 0 aliphatic carbocycles. The highest BCUT2D eigenvalue weighted by atomic mass is 32.1. The summed E-state index contributed by atoms with van der Waals surface area (Å²) in [6.45, 7) is 8.53. The number of carbonyl (C=O) groups excluding carboxylic acids is 2. The Morgan fingerprint density at radius 2 is 2.12 bits per heavy atom. The van der Waals surface area contributed by atoms with Crippen LogP contribution in [0, 0.1) is 12.3 Å². The summed E-state index contributed by atoms with van der Waals surface area (Å²) in [6.07, 6.45) is 0. The Labute approximate surface area is 151 Å². The van der Waals surface area contributed by atoms with Gasteiger partial charge in [-0.1, -0.05) is 0 Å². The Morgan fingerprint density at radius 1 is 1.36 bits per heavy atom. The molecule has 2 amide bonds. The van der Waals surface area contributed by atoms with E-state index in [1.807, 2.05) is 45.2 Å². The summed E-state index contributed by atoms with van der Waals surface area (Å²) in [6, 6.07) is 7.27. The summed E-state index contributed by atoms with van der Waals surface area (Å²) in [5.74, 6) is 0.510. The molecule has 0 radical (unpaired) electrons. The van der Waals surface area contributed by atoms with E-state index in [2.05, 4.69) is 5.32 Å². The number of nitrogens with zero attached hydrogens (tertiary/aromatic N) is 1. The van der Waals surface area contributed by atoms with Crippen molar-refractivity contribution >= 4 is 34.5 Å². The molecule has 0 bridgehead atoms. The summed E-state index contributed by atoms with van der Waals surface area (Å²) >= 11 is 1.42. The van der Waals surface area contributed by atoms with Crippen LogP contribution in [0.2, 0.25) is 0 Å². The number of hydrogen-bond donors (Lipinski definition) is 1.